The Morgan fingerprint density at radius 1 is 1.12 bits per heavy atom. The van der Waals surface area contributed by atoms with E-state index in [1.54, 1.807) is 23.1 Å². The summed E-state index contributed by atoms with van der Waals surface area (Å²) in [6, 6.07) is 9.33. The van der Waals surface area contributed by atoms with Crippen molar-refractivity contribution in [2.75, 3.05) is 20.1 Å². The third-order valence-corrected chi connectivity index (χ3v) is 8.57. The zero-order valence-electron chi connectivity index (χ0n) is 21.5. The lowest BCUT2D eigenvalue weighted by Gasteiger charge is -2.31. The van der Waals surface area contributed by atoms with E-state index in [-0.39, 0.29) is 29.9 Å². The number of carbonyl (C=O) groups is 4. The van der Waals surface area contributed by atoms with Gasteiger partial charge >= 0.3 is 12.1 Å². The van der Waals surface area contributed by atoms with Gasteiger partial charge in [-0.05, 0) is 65.1 Å². The van der Waals surface area contributed by atoms with E-state index < -0.39 is 18.1 Å². The highest BCUT2D eigenvalue weighted by atomic mass is 35.5. The number of fused-ring (bicyclic) bond motifs is 1. The van der Waals surface area contributed by atoms with Gasteiger partial charge in [0, 0.05) is 32.1 Å². The maximum Gasteiger partial charge on any atom is 0.412 e. The number of halogens is 2. The fourth-order valence-corrected chi connectivity index (χ4v) is 5.90. The molecule has 3 aromatic rings. The van der Waals surface area contributed by atoms with Gasteiger partial charge in [-0.3, -0.25) is 14.4 Å². The maximum atomic E-state index is 13.0. The van der Waals surface area contributed by atoms with Crippen molar-refractivity contribution >= 4 is 74.6 Å². The van der Waals surface area contributed by atoms with Crippen LogP contribution in [0.3, 0.4) is 0 Å². The minimum absolute atomic E-state index is 0.195. The van der Waals surface area contributed by atoms with Crippen LogP contribution in [0.1, 0.15) is 36.4 Å². The second kappa shape index (κ2) is 13.2. The van der Waals surface area contributed by atoms with Crippen molar-refractivity contribution in [1.29, 1.82) is 0 Å². The molecule has 1 aromatic heterocycles. The third kappa shape index (κ3) is 7.12. The summed E-state index contributed by atoms with van der Waals surface area (Å²) in [5, 5.41) is 18.3. The predicted octanol–water partition coefficient (Wildman–Crippen LogP) is 5.51. The van der Waals surface area contributed by atoms with Crippen molar-refractivity contribution in [3.05, 3.63) is 69.0 Å². The molecule has 2 heterocycles. The Balaban J connectivity index is 1.34. The molecule has 9 nitrogen and oxygen atoms in total. The van der Waals surface area contributed by atoms with Crippen LogP contribution in [0, 0.1) is 5.92 Å². The summed E-state index contributed by atoms with van der Waals surface area (Å²) in [7, 11) is 1.44. The second-order valence-electron chi connectivity index (χ2n) is 9.23. The van der Waals surface area contributed by atoms with Crippen LogP contribution in [0.5, 0.6) is 5.75 Å². The molecule has 0 radical (unpaired) electrons. The zero-order chi connectivity index (χ0) is 28.8. The standard InChI is InChI=1S/C28H27Cl2N3O6S/c1-31-28(38)39-20-5-2-16(3-6-20)21(15-23(35)36)32-27(37)17-8-11-33(12-9-17)22(34)7-4-18-14-19-10-13-40-26(19)25(30)24(18)29/h2-7,10,13-14,17,21H,8-9,11-12,15H2,1H3,(H,31,38)(H,32,37)(H,35,36)/b7-4+. The SMILES string of the molecule is CNC(=O)Oc1ccc(C(CC(=O)O)NC(=O)C2CCN(C(=O)/C=C/c3cc4ccsc4c(Cl)c3Cl)CC2)cc1. The van der Waals surface area contributed by atoms with Gasteiger partial charge in [0.25, 0.3) is 0 Å². The van der Waals surface area contributed by atoms with Crippen LogP contribution in [-0.4, -0.2) is 54.0 Å². The molecule has 1 fully saturated rings. The molecule has 0 spiro atoms. The molecule has 3 amide bonds. The Morgan fingerprint density at radius 3 is 2.48 bits per heavy atom. The van der Waals surface area contributed by atoms with Crippen molar-refractivity contribution in [1.82, 2.24) is 15.5 Å². The number of amides is 3. The van der Waals surface area contributed by atoms with Gasteiger partial charge < -0.3 is 25.4 Å². The number of carboxylic acids is 1. The van der Waals surface area contributed by atoms with Gasteiger partial charge in [-0.1, -0.05) is 35.3 Å². The van der Waals surface area contributed by atoms with Crippen LogP contribution in [0.15, 0.2) is 47.9 Å². The number of likely N-dealkylation sites (tertiary alicyclic amines) is 1. The number of carbonyl (C=O) groups excluding carboxylic acids is 3. The first-order chi connectivity index (χ1) is 19.2. The van der Waals surface area contributed by atoms with E-state index in [9.17, 15) is 24.3 Å². The molecule has 1 saturated heterocycles. The van der Waals surface area contributed by atoms with Gasteiger partial charge in [0.15, 0.2) is 0 Å². The average Bonchev–Trinajstić information content (AvgIpc) is 3.42. The first-order valence-electron chi connectivity index (χ1n) is 12.5. The van der Waals surface area contributed by atoms with Crippen LogP contribution >= 0.6 is 34.5 Å². The van der Waals surface area contributed by atoms with Gasteiger partial charge in [-0.25, -0.2) is 4.79 Å². The lowest BCUT2D eigenvalue weighted by Crippen LogP contribution is -2.43. The van der Waals surface area contributed by atoms with E-state index in [1.807, 2.05) is 17.5 Å². The van der Waals surface area contributed by atoms with E-state index in [1.165, 1.54) is 36.6 Å². The van der Waals surface area contributed by atoms with Crippen LogP contribution in [0.4, 0.5) is 4.79 Å². The first-order valence-corrected chi connectivity index (χ1v) is 14.1. The number of benzene rings is 2. The van der Waals surface area contributed by atoms with Crippen LogP contribution < -0.4 is 15.4 Å². The van der Waals surface area contributed by atoms with Crippen molar-refractivity contribution in [3.8, 4) is 5.75 Å². The number of hydrogen-bond donors (Lipinski definition) is 3. The molecule has 12 heteroatoms. The fraction of sp³-hybridized carbons (Fsp3) is 0.286. The lowest BCUT2D eigenvalue weighted by molar-refractivity contribution is -0.138. The highest BCUT2D eigenvalue weighted by molar-refractivity contribution is 7.18. The lowest BCUT2D eigenvalue weighted by atomic mass is 9.94. The minimum atomic E-state index is -1.07. The molecule has 0 aliphatic carbocycles. The highest BCUT2D eigenvalue weighted by Gasteiger charge is 2.29. The normalized spacial score (nSPS) is 14.7. The van der Waals surface area contributed by atoms with E-state index in [0.29, 0.717) is 47.1 Å². The average molecular weight is 605 g/mol. The summed E-state index contributed by atoms with van der Waals surface area (Å²) < 4.78 is 5.95. The summed E-state index contributed by atoms with van der Waals surface area (Å²) >= 11 is 14.3. The number of rotatable bonds is 8. The van der Waals surface area contributed by atoms with Gasteiger partial charge in [-0.2, -0.15) is 0 Å². The smallest absolute Gasteiger partial charge is 0.412 e. The van der Waals surface area contributed by atoms with E-state index in [0.717, 1.165) is 10.1 Å². The summed E-state index contributed by atoms with van der Waals surface area (Å²) in [5.74, 6) is -1.62. The van der Waals surface area contributed by atoms with Crippen molar-refractivity contribution in [3.63, 3.8) is 0 Å². The number of carboxylic acid groups (broad SMARTS) is 1. The summed E-state index contributed by atoms with van der Waals surface area (Å²) in [6.45, 7) is 0.767. The molecule has 1 aliphatic rings. The Hall–Kier alpha value is -3.60. The molecule has 0 saturated carbocycles. The highest BCUT2D eigenvalue weighted by Crippen LogP contribution is 2.37. The summed E-state index contributed by atoms with van der Waals surface area (Å²) in [4.78, 5) is 50.4. The van der Waals surface area contributed by atoms with Crippen molar-refractivity contribution in [2.24, 2.45) is 5.92 Å². The molecule has 1 atom stereocenters. The van der Waals surface area contributed by atoms with Crippen LogP contribution in [0.25, 0.3) is 16.2 Å². The number of nitrogens with zero attached hydrogens (tertiary/aromatic N) is 1. The molecule has 3 N–H and O–H groups in total. The molecular weight excluding hydrogens is 577 g/mol. The van der Waals surface area contributed by atoms with Gasteiger partial charge in [0.1, 0.15) is 5.75 Å². The maximum absolute atomic E-state index is 13.0. The van der Waals surface area contributed by atoms with E-state index in [2.05, 4.69) is 10.6 Å². The number of aliphatic carboxylic acids is 1. The number of hydrogen-bond acceptors (Lipinski definition) is 6. The fourth-order valence-electron chi connectivity index (χ4n) is 4.46. The Labute approximate surface area is 244 Å². The molecule has 2 aromatic carbocycles. The first kappa shape index (κ1) is 29.4. The van der Waals surface area contributed by atoms with Crippen molar-refractivity contribution in [2.45, 2.75) is 25.3 Å². The van der Waals surface area contributed by atoms with Gasteiger partial charge in [-0.15, -0.1) is 11.3 Å². The van der Waals surface area contributed by atoms with Crippen molar-refractivity contribution < 1.29 is 29.0 Å². The molecule has 1 aliphatic heterocycles. The summed E-state index contributed by atoms with van der Waals surface area (Å²) in [6.07, 6.45) is 3.05. The van der Waals surface area contributed by atoms with E-state index in [4.69, 9.17) is 27.9 Å². The van der Waals surface area contributed by atoms with Gasteiger partial charge in [0.2, 0.25) is 11.8 Å². The number of nitrogens with one attached hydrogen (secondary N) is 2. The van der Waals surface area contributed by atoms with Crippen LogP contribution in [0.2, 0.25) is 10.0 Å². The summed E-state index contributed by atoms with van der Waals surface area (Å²) in [5.41, 5.74) is 1.22. The number of piperidine rings is 1. The molecule has 40 heavy (non-hydrogen) atoms. The predicted molar refractivity (Wildman–Crippen MR) is 155 cm³/mol. The molecular formula is C28H27Cl2N3O6S. The Kier molecular flexibility index (Phi) is 9.67. The monoisotopic (exact) mass is 603 g/mol. The Morgan fingerprint density at radius 2 is 1.82 bits per heavy atom. The van der Waals surface area contributed by atoms with Crippen LogP contribution in [-0.2, 0) is 14.4 Å². The second-order valence-corrected chi connectivity index (χ2v) is 10.9. The molecule has 210 valence electrons. The largest absolute Gasteiger partial charge is 0.481 e. The number of thiophene rings is 1. The third-order valence-electron chi connectivity index (χ3n) is 6.63. The Bertz CT molecular complexity index is 1450. The van der Waals surface area contributed by atoms with Gasteiger partial charge in [0.05, 0.1) is 27.2 Å². The topological polar surface area (TPSA) is 125 Å². The molecule has 0 bridgehead atoms. The quantitative estimate of drug-likeness (QED) is 0.291. The molecule has 1 unspecified atom stereocenters. The minimum Gasteiger partial charge on any atom is -0.481 e. The zero-order valence-corrected chi connectivity index (χ0v) is 23.8. The van der Waals surface area contributed by atoms with E-state index >= 15 is 0 Å². The molecule has 4 rings (SSSR count). The number of ether oxygens (including phenoxy) is 1.